The Labute approximate surface area is 186 Å². The number of anilines is 1. The molecule has 2 heterocycles. The highest BCUT2D eigenvalue weighted by Crippen LogP contribution is 2.43. The second-order valence-corrected chi connectivity index (χ2v) is 8.17. The Hall–Kier alpha value is -3.61. The van der Waals surface area contributed by atoms with Gasteiger partial charge in [-0.1, -0.05) is 6.07 Å². The number of aromatic nitrogens is 2. The number of carbonyl (C=O) groups excluding carboxylic acids is 2. The molecule has 1 saturated carbocycles. The molecule has 1 aliphatic rings. The zero-order valence-electron chi connectivity index (χ0n) is 18.1. The van der Waals surface area contributed by atoms with Crippen molar-refractivity contribution in [2.45, 2.75) is 38.3 Å². The summed E-state index contributed by atoms with van der Waals surface area (Å²) in [6.07, 6.45) is 4.86. The number of nitrogens with one attached hydrogen (secondary N) is 2. The van der Waals surface area contributed by atoms with Crippen LogP contribution in [0.1, 0.15) is 41.7 Å². The third-order valence-corrected chi connectivity index (χ3v) is 5.70. The summed E-state index contributed by atoms with van der Waals surface area (Å²) in [7, 11) is 1.57. The zero-order chi connectivity index (χ0) is 22.7. The largest absolute Gasteiger partial charge is 0.354 e. The van der Waals surface area contributed by atoms with Gasteiger partial charge >= 0.3 is 0 Å². The Bertz CT molecular complexity index is 1170. The maximum absolute atomic E-state index is 13.8. The van der Waals surface area contributed by atoms with Gasteiger partial charge in [-0.2, -0.15) is 0 Å². The number of aryl methyl sites for hydroxylation is 1. The van der Waals surface area contributed by atoms with E-state index < -0.39 is 5.67 Å². The molecule has 3 aromatic rings. The summed E-state index contributed by atoms with van der Waals surface area (Å²) >= 11 is 0. The molecule has 0 unspecified atom stereocenters. The smallest absolute Gasteiger partial charge is 0.269 e. The molecule has 0 radical (unpaired) electrons. The number of hydrogen-bond acceptors (Lipinski definition) is 4. The van der Waals surface area contributed by atoms with Crippen LogP contribution in [0.4, 0.5) is 10.1 Å². The zero-order valence-corrected chi connectivity index (χ0v) is 18.1. The number of halogens is 1. The molecule has 0 atom stereocenters. The fourth-order valence-electron chi connectivity index (χ4n) is 3.54. The SMILES string of the molecule is CNC(=O)c1cc(-c2ccnc(-c3cc(NC(=O)CCC4(F)CC4)ccc3C)c2)ccn1. The van der Waals surface area contributed by atoms with E-state index in [4.69, 9.17) is 0 Å². The predicted octanol–water partition coefficient (Wildman–Crippen LogP) is 4.70. The predicted molar refractivity (Wildman–Crippen MR) is 122 cm³/mol. The van der Waals surface area contributed by atoms with E-state index in [1.165, 1.54) is 0 Å². The van der Waals surface area contributed by atoms with Gasteiger partial charge in [-0.3, -0.25) is 19.6 Å². The van der Waals surface area contributed by atoms with Gasteiger partial charge < -0.3 is 10.6 Å². The van der Waals surface area contributed by atoms with Crippen LogP contribution in [0, 0.1) is 6.92 Å². The third kappa shape index (κ3) is 4.99. The van der Waals surface area contributed by atoms with Crippen molar-refractivity contribution in [3.63, 3.8) is 0 Å². The van der Waals surface area contributed by atoms with E-state index in [0.29, 0.717) is 24.2 Å². The lowest BCUT2D eigenvalue weighted by atomic mass is 10.00. The van der Waals surface area contributed by atoms with Crippen molar-refractivity contribution in [2.75, 3.05) is 12.4 Å². The maximum Gasteiger partial charge on any atom is 0.269 e. The first-order valence-electron chi connectivity index (χ1n) is 10.6. The highest BCUT2D eigenvalue weighted by molar-refractivity contribution is 5.93. The average Bonchev–Trinajstić information content (AvgIpc) is 3.56. The molecule has 0 aliphatic heterocycles. The number of nitrogens with zero attached hydrogens (tertiary/aromatic N) is 2. The van der Waals surface area contributed by atoms with Crippen molar-refractivity contribution >= 4 is 17.5 Å². The van der Waals surface area contributed by atoms with Gasteiger partial charge in [0.25, 0.3) is 5.91 Å². The summed E-state index contributed by atoms with van der Waals surface area (Å²) in [5.74, 6) is -0.440. The van der Waals surface area contributed by atoms with E-state index in [0.717, 1.165) is 27.9 Å². The normalized spacial score (nSPS) is 14.0. The highest BCUT2D eigenvalue weighted by atomic mass is 19.1. The Morgan fingerprint density at radius 1 is 1.03 bits per heavy atom. The third-order valence-electron chi connectivity index (χ3n) is 5.70. The summed E-state index contributed by atoms with van der Waals surface area (Å²) in [4.78, 5) is 32.8. The van der Waals surface area contributed by atoms with Crippen LogP contribution in [0.2, 0.25) is 0 Å². The van der Waals surface area contributed by atoms with Crippen LogP contribution in [0.25, 0.3) is 22.4 Å². The van der Waals surface area contributed by atoms with E-state index in [-0.39, 0.29) is 24.7 Å². The molecule has 0 spiro atoms. The van der Waals surface area contributed by atoms with Crippen LogP contribution in [0.5, 0.6) is 0 Å². The lowest BCUT2D eigenvalue weighted by Gasteiger charge is -2.12. The highest BCUT2D eigenvalue weighted by Gasteiger charge is 2.42. The van der Waals surface area contributed by atoms with Gasteiger partial charge in [-0.05, 0) is 79.3 Å². The molecule has 1 aliphatic carbocycles. The summed E-state index contributed by atoms with van der Waals surface area (Å²) in [6, 6.07) is 13.0. The molecule has 2 N–H and O–H groups in total. The number of pyridine rings is 2. The first-order chi connectivity index (χ1) is 15.4. The molecule has 1 fully saturated rings. The van der Waals surface area contributed by atoms with Gasteiger partial charge in [0.2, 0.25) is 5.91 Å². The second kappa shape index (κ2) is 8.86. The lowest BCUT2D eigenvalue weighted by Crippen LogP contribution is -2.19. The number of amides is 2. The average molecular weight is 432 g/mol. The lowest BCUT2D eigenvalue weighted by molar-refractivity contribution is -0.116. The number of alkyl halides is 1. The molecular weight excluding hydrogens is 407 g/mol. The van der Waals surface area contributed by atoms with Crippen molar-refractivity contribution in [1.29, 1.82) is 0 Å². The van der Waals surface area contributed by atoms with Crippen molar-refractivity contribution < 1.29 is 14.0 Å². The van der Waals surface area contributed by atoms with Crippen molar-refractivity contribution in [3.8, 4) is 22.4 Å². The Morgan fingerprint density at radius 3 is 2.47 bits per heavy atom. The summed E-state index contributed by atoms with van der Waals surface area (Å²) in [5, 5.41) is 5.44. The monoisotopic (exact) mass is 432 g/mol. The number of hydrogen-bond donors (Lipinski definition) is 2. The first-order valence-corrected chi connectivity index (χ1v) is 10.6. The number of rotatable bonds is 7. The van der Waals surface area contributed by atoms with E-state index in [9.17, 15) is 14.0 Å². The molecule has 6 nitrogen and oxygen atoms in total. The molecule has 2 aromatic heterocycles. The minimum Gasteiger partial charge on any atom is -0.354 e. The van der Waals surface area contributed by atoms with Gasteiger partial charge in [0.05, 0.1) is 5.69 Å². The van der Waals surface area contributed by atoms with Crippen molar-refractivity contribution in [3.05, 3.63) is 66.1 Å². The minimum atomic E-state index is -1.13. The van der Waals surface area contributed by atoms with E-state index in [1.807, 2.05) is 43.3 Å². The molecule has 1 aromatic carbocycles. The molecule has 164 valence electrons. The molecule has 7 heteroatoms. The molecule has 32 heavy (non-hydrogen) atoms. The van der Waals surface area contributed by atoms with Crippen LogP contribution in [0.15, 0.2) is 54.9 Å². The van der Waals surface area contributed by atoms with Crippen LogP contribution in [0.3, 0.4) is 0 Å². The van der Waals surface area contributed by atoms with Gasteiger partial charge in [0, 0.05) is 37.1 Å². The quantitative estimate of drug-likeness (QED) is 0.567. The Kier molecular flexibility index (Phi) is 5.99. The Balaban J connectivity index is 1.57. The van der Waals surface area contributed by atoms with Gasteiger partial charge in [-0.15, -0.1) is 0 Å². The summed E-state index contributed by atoms with van der Waals surface area (Å²) < 4.78 is 13.8. The molecule has 0 bridgehead atoms. The van der Waals surface area contributed by atoms with Crippen molar-refractivity contribution in [1.82, 2.24) is 15.3 Å². The van der Waals surface area contributed by atoms with Gasteiger partial charge in [0.15, 0.2) is 0 Å². The van der Waals surface area contributed by atoms with Crippen LogP contribution >= 0.6 is 0 Å². The molecule has 2 amide bonds. The molecule has 0 saturated heterocycles. The van der Waals surface area contributed by atoms with E-state index in [2.05, 4.69) is 20.6 Å². The van der Waals surface area contributed by atoms with E-state index >= 15 is 0 Å². The molecular formula is C25H25FN4O2. The fourth-order valence-corrected chi connectivity index (χ4v) is 3.54. The minimum absolute atomic E-state index is 0.170. The van der Waals surface area contributed by atoms with Gasteiger partial charge in [0.1, 0.15) is 11.4 Å². The number of carbonyl (C=O) groups is 2. The van der Waals surface area contributed by atoms with Crippen molar-refractivity contribution in [2.24, 2.45) is 0 Å². The second-order valence-electron chi connectivity index (χ2n) is 8.17. The summed E-state index contributed by atoms with van der Waals surface area (Å²) in [6.45, 7) is 1.98. The van der Waals surface area contributed by atoms with Crippen LogP contribution in [-0.2, 0) is 4.79 Å². The van der Waals surface area contributed by atoms with E-state index in [1.54, 1.807) is 25.5 Å². The fraction of sp³-hybridized carbons (Fsp3) is 0.280. The standard InChI is InChI=1S/C25H25FN4O2/c1-16-3-4-19(30-23(31)5-8-25(26)9-10-25)15-20(16)21-13-17(6-11-28-21)18-7-12-29-22(14-18)24(32)27-2/h3-4,6-7,11-15H,5,8-10H2,1-2H3,(H,27,32)(H,30,31). The topological polar surface area (TPSA) is 84.0 Å². The summed E-state index contributed by atoms with van der Waals surface area (Å²) in [5.41, 5.74) is 4.24. The van der Waals surface area contributed by atoms with Crippen LogP contribution < -0.4 is 10.6 Å². The maximum atomic E-state index is 13.8. The molecule has 4 rings (SSSR count). The Morgan fingerprint density at radius 2 is 1.75 bits per heavy atom. The first kappa shape index (κ1) is 21.6. The number of benzene rings is 1. The van der Waals surface area contributed by atoms with Crippen LogP contribution in [-0.4, -0.2) is 34.5 Å². The van der Waals surface area contributed by atoms with Gasteiger partial charge in [-0.25, -0.2) is 4.39 Å².